The molecule has 0 saturated heterocycles. The zero-order valence-electron chi connectivity index (χ0n) is 10.5. The van der Waals surface area contributed by atoms with Gasteiger partial charge in [-0.25, -0.2) is 0 Å². The highest BCUT2D eigenvalue weighted by Crippen LogP contribution is 2.06. The largest absolute Gasteiger partial charge is 0.673 e. The Hall–Kier alpha value is -0.525. The van der Waals surface area contributed by atoms with Crippen molar-refractivity contribution in [3.63, 3.8) is 0 Å². The van der Waals surface area contributed by atoms with Crippen LogP contribution in [0.1, 0.15) is 0 Å². The lowest BCUT2D eigenvalue weighted by Crippen LogP contribution is -2.25. The van der Waals surface area contributed by atoms with Gasteiger partial charge in [-0.1, -0.05) is 0 Å². The predicted molar refractivity (Wildman–Crippen MR) is 64.9 cm³/mol. The third-order valence-electron chi connectivity index (χ3n) is 1.26. The second kappa shape index (κ2) is 7.70. The van der Waals surface area contributed by atoms with E-state index >= 15 is 0 Å². The quantitative estimate of drug-likeness (QED) is 0.436. The van der Waals surface area contributed by atoms with Gasteiger partial charge in [-0.2, -0.15) is 0 Å². The summed E-state index contributed by atoms with van der Waals surface area (Å²) in [5.41, 5.74) is 0. The van der Waals surface area contributed by atoms with Crippen molar-refractivity contribution in [3.05, 3.63) is 11.2 Å². The van der Waals surface area contributed by atoms with Gasteiger partial charge in [-0.15, -0.1) is 0 Å². The summed E-state index contributed by atoms with van der Waals surface area (Å²) in [5.74, 6) is 1.28. The fourth-order valence-electron chi connectivity index (χ4n) is 0.822. The van der Waals surface area contributed by atoms with Crippen LogP contribution in [-0.4, -0.2) is 57.8 Å². The standard InChI is InChI=1S/C8H19N2S.BF4/c1-9(2)8(10(3)4)7-11(5)6;2-1(3,4)5/h7H,1-6H3;/q+1;-1. The molecule has 0 aromatic carbocycles. The van der Waals surface area contributed by atoms with E-state index in [2.05, 4.69) is 55.9 Å². The summed E-state index contributed by atoms with van der Waals surface area (Å²) in [6.45, 7) is 0. The molecule has 98 valence electrons. The monoisotopic (exact) mass is 262 g/mol. The summed E-state index contributed by atoms with van der Waals surface area (Å²) in [7, 11) is 2.64. The molecule has 2 nitrogen and oxygen atoms in total. The molecule has 0 atom stereocenters. The Bertz CT molecular complexity index is 201. The van der Waals surface area contributed by atoms with Gasteiger partial charge in [0.2, 0.25) is 0 Å². The van der Waals surface area contributed by atoms with Gasteiger partial charge in [0.15, 0.2) is 11.2 Å². The molecule has 0 aliphatic rings. The van der Waals surface area contributed by atoms with Crippen LogP contribution in [0.15, 0.2) is 11.2 Å². The van der Waals surface area contributed by atoms with Crippen molar-refractivity contribution in [2.75, 3.05) is 40.7 Å². The Morgan fingerprint density at radius 2 is 1.19 bits per heavy atom. The van der Waals surface area contributed by atoms with Crippen LogP contribution < -0.4 is 0 Å². The van der Waals surface area contributed by atoms with Gasteiger partial charge >= 0.3 is 7.25 Å². The molecule has 0 bridgehead atoms. The molecule has 0 spiro atoms. The van der Waals surface area contributed by atoms with Crippen molar-refractivity contribution in [1.82, 2.24) is 9.80 Å². The zero-order valence-corrected chi connectivity index (χ0v) is 11.3. The third kappa shape index (κ3) is 15.9. The van der Waals surface area contributed by atoms with Crippen molar-refractivity contribution in [3.8, 4) is 0 Å². The zero-order chi connectivity index (χ0) is 13.5. The summed E-state index contributed by atoms with van der Waals surface area (Å²) >= 11 is 0. The highest BCUT2D eigenvalue weighted by molar-refractivity contribution is 7.98. The Labute approximate surface area is 97.7 Å². The van der Waals surface area contributed by atoms with Gasteiger partial charge < -0.3 is 27.1 Å². The summed E-state index contributed by atoms with van der Waals surface area (Å²) in [6, 6.07) is 0. The molecule has 0 heterocycles. The van der Waals surface area contributed by atoms with Gasteiger partial charge in [0.05, 0.1) is 0 Å². The molecular formula is C8H19BF4N2S. The number of halogens is 4. The summed E-state index contributed by atoms with van der Waals surface area (Å²) < 4.78 is 39.0. The first-order chi connectivity index (χ1) is 6.95. The Kier molecular flexibility index (Phi) is 8.59. The van der Waals surface area contributed by atoms with Gasteiger partial charge in [-0.3, -0.25) is 0 Å². The van der Waals surface area contributed by atoms with Crippen molar-refractivity contribution >= 4 is 18.1 Å². The van der Waals surface area contributed by atoms with E-state index in [9.17, 15) is 17.3 Å². The lowest BCUT2D eigenvalue weighted by atomic mass is 10.3. The highest BCUT2D eigenvalue weighted by atomic mass is 32.2. The second-order valence-electron chi connectivity index (χ2n) is 3.64. The topological polar surface area (TPSA) is 6.48 Å². The molecule has 0 radical (unpaired) electrons. The molecule has 16 heavy (non-hydrogen) atoms. The molecule has 8 heteroatoms. The van der Waals surface area contributed by atoms with E-state index in [1.165, 1.54) is 5.82 Å². The van der Waals surface area contributed by atoms with Crippen LogP contribution in [0.3, 0.4) is 0 Å². The van der Waals surface area contributed by atoms with E-state index in [0.717, 1.165) is 0 Å². The van der Waals surface area contributed by atoms with Crippen LogP contribution in [0, 0.1) is 0 Å². The first-order valence-corrected chi connectivity index (χ1v) is 6.55. The molecule has 0 aliphatic heterocycles. The van der Waals surface area contributed by atoms with Crippen LogP contribution in [0.5, 0.6) is 0 Å². The SMILES string of the molecule is CN(C)C(=C[S+](C)C)N(C)C.F[B-](F)(F)F. The van der Waals surface area contributed by atoms with Crippen LogP contribution in [0.2, 0.25) is 0 Å². The summed E-state index contributed by atoms with van der Waals surface area (Å²) in [5, 5.41) is 2.28. The molecule has 0 aliphatic carbocycles. The maximum atomic E-state index is 9.75. The Morgan fingerprint density at radius 3 is 1.25 bits per heavy atom. The van der Waals surface area contributed by atoms with E-state index in [1.54, 1.807) is 0 Å². The molecule has 0 N–H and O–H groups in total. The maximum absolute atomic E-state index is 9.75. The van der Waals surface area contributed by atoms with E-state index in [4.69, 9.17) is 0 Å². The smallest absolute Gasteiger partial charge is 0.418 e. The van der Waals surface area contributed by atoms with Crippen molar-refractivity contribution < 1.29 is 17.3 Å². The van der Waals surface area contributed by atoms with E-state index < -0.39 is 7.25 Å². The number of nitrogens with zero attached hydrogens (tertiary/aromatic N) is 2. The molecule has 0 unspecified atom stereocenters. The lowest BCUT2D eigenvalue weighted by Gasteiger charge is -2.22. The highest BCUT2D eigenvalue weighted by Gasteiger charge is 2.20. The summed E-state index contributed by atoms with van der Waals surface area (Å²) in [4.78, 5) is 4.26. The maximum Gasteiger partial charge on any atom is 0.673 e. The first kappa shape index (κ1) is 17.9. The number of hydrogen-bond donors (Lipinski definition) is 0. The average Bonchev–Trinajstić information content (AvgIpc) is 1.95. The molecule has 0 rings (SSSR count). The van der Waals surface area contributed by atoms with Crippen LogP contribution >= 0.6 is 0 Å². The van der Waals surface area contributed by atoms with E-state index in [0.29, 0.717) is 10.9 Å². The number of rotatable bonds is 3. The minimum atomic E-state index is -6.00. The molecule has 0 amide bonds. The minimum absolute atomic E-state index is 0.368. The number of hydrogen-bond acceptors (Lipinski definition) is 2. The van der Waals surface area contributed by atoms with E-state index in [1.807, 2.05) is 0 Å². The van der Waals surface area contributed by atoms with Crippen LogP contribution in [0.25, 0.3) is 0 Å². The Balaban J connectivity index is 0. The Morgan fingerprint density at radius 1 is 0.938 bits per heavy atom. The lowest BCUT2D eigenvalue weighted by molar-refractivity contribution is 0.344. The fourth-order valence-corrected chi connectivity index (χ4v) is 1.66. The molecule has 0 saturated carbocycles. The van der Waals surface area contributed by atoms with Gasteiger partial charge in [0, 0.05) is 39.1 Å². The van der Waals surface area contributed by atoms with Crippen LogP contribution in [-0.2, 0) is 10.9 Å². The van der Waals surface area contributed by atoms with Gasteiger partial charge in [-0.05, 0) is 0 Å². The summed E-state index contributed by atoms with van der Waals surface area (Å²) in [6.07, 6.45) is 4.43. The molecule has 0 fully saturated rings. The average molecular weight is 262 g/mol. The van der Waals surface area contributed by atoms with Crippen molar-refractivity contribution in [2.24, 2.45) is 0 Å². The normalized spacial score (nSPS) is 10.4. The predicted octanol–water partition coefficient (Wildman–Crippen LogP) is 2.09. The third-order valence-corrected chi connectivity index (χ3v) is 1.94. The first-order valence-electron chi connectivity index (χ1n) is 4.45. The minimum Gasteiger partial charge on any atom is -0.418 e. The van der Waals surface area contributed by atoms with Crippen molar-refractivity contribution in [1.29, 1.82) is 0 Å². The van der Waals surface area contributed by atoms with Crippen molar-refractivity contribution in [2.45, 2.75) is 0 Å². The van der Waals surface area contributed by atoms with Gasteiger partial charge in [0.25, 0.3) is 0 Å². The second-order valence-corrected chi connectivity index (χ2v) is 5.63. The van der Waals surface area contributed by atoms with E-state index in [-0.39, 0.29) is 0 Å². The van der Waals surface area contributed by atoms with Gasteiger partial charge in [0.1, 0.15) is 12.5 Å². The molecular weight excluding hydrogens is 243 g/mol. The fraction of sp³-hybridized carbons (Fsp3) is 0.750. The van der Waals surface area contributed by atoms with Crippen LogP contribution in [0.4, 0.5) is 17.3 Å². The molecule has 0 aromatic rings. The molecule has 0 aromatic heterocycles.